The molecule has 3 rings (SSSR count). The number of hydrogen-bond acceptors (Lipinski definition) is 10. The fourth-order valence-corrected chi connectivity index (χ4v) is 3.47. The van der Waals surface area contributed by atoms with Crippen LogP contribution in [0.1, 0.15) is 30.8 Å². The first kappa shape index (κ1) is 28.1. The molecule has 0 saturated carbocycles. The highest BCUT2D eigenvalue weighted by Crippen LogP contribution is 2.34. The summed E-state index contributed by atoms with van der Waals surface area (Å²) in [5.74, 6) is 0.489. The quantitative estimate of drug-likeness (QED) is 0.183. The zero-order valence-corrected chi connectivity index (χ0v) is 21.4. The van der Waals surface area contributed by atoms with E-state index < -0.39 is 30.6 Å². The Balaban J connectivity index is 1.81. The van der Waals surface area contributed by atoms with Gasteiger partial charge in [0.1, 0.15) is 12.7 Å². The van der Waals surface area contributed by atoms with Gasteiger partial charge in [-0.25, -0.2) is 9.78 Å². The number of hydrogen-bond donors (Lipinski definition) is 1. The Kier molecular flexibility index (Phi) is 10.5. The van der Waals surface area contributed by atoms with Gasteiger partial charge >= 0.3 is 5.97 Å². The molecule has 3 aromatic rings. The third-order valence-electron chi connectivity index (χ3n) is 5.35. The van der Waals surface area contributed by atoms with Crippen molar-refractivity contribution in [2.24, 2.45) is 0 Å². The van der Waals surface area contributed by atoms with Crippen molar-refractivity contribution in [3.8, 4) is 22.6 Å². The number of aliphatic hydroxyl groups excluding tert-OH is 1. The van der Waals surface area contributed by atoms with Crippen LogP contribution < -0.4 is 9.47 Å². The van der Waals surface area contributed by atoms with Crippen molar-refractivity contribution in [2.45, 2.75) is 32.0 Å². The molecule has 0 aliphatic carbocycles. The molecule has 1 aromatic heterocycles. The Bertz CT molecular complexity index is 1180. The Labute approximate surface area is 218 Å². The number of ether oxygens (including phenoxy) is 3. The highest BCUT2D eigenvalue weighted by molar-refractivity contribution is 6.30. The smallest absolute Gasteiger partial charge is 0.305 e. The summed E-state index contributed by atoms with van der Waals surface area (Å²) in [6, 6.07) is 11.7. The number of methoxy groups -OCH3 is 2. The third-order valence-corrected chi connectivity index (χ3v) is 5.60. The minimum atomic E-state index is -1.20. The van der Waals surface area contributed by atoms with E-state index in [9.17, 15) is 14.7 Å². The van der Waals surface area contributed by atoms with Gasteiger partial charge in [-0.2, -0.15) is 0 Å². The maximum atomic E-state index is 13.4. The molecular formula is C26H28ClNO9. The number of carbonyl (C=O) groups is 2. The van der Waals surface area contributed by atoms with Crippen molar-refractivity contribution in [3.05, 3.63) is 65.0 Å². The lowest BCUT2D eigenvalue weighted by atomic mass is 9.99. The van der Waals surface area contributed by atoms with Crippen molar-refractivity contribution >= 4 is 23.4 Å². The van der Waals surface area contributed by atoms with Gasteiger partial charge < -0.3 is 23.8 Å². The molecule has 2 atom stereocenters. The molecule has 0 spiro atoms. The lowest BCUT2D eigenvalue weighted by Gasteiger charge is -2.20. The van der Waals surface area contributed by atoms with Crippen molar-refractivity contribution in [2.75, 3.05) is 27.4 Å². The Morgan fingerprint density at radius 2 is 1.78 bits per heavy atom. The summed E-state index contributed by atoms with van der Waals surface area (Å²) < 4.78 is 21.0. The van der Waals surface area contributed by atoms with E-state index in [1.807, 2.05) is 0 Å². The van der Waals surface area contributed by atoms with Gasteiger partial charge in [-0.05, 0) is 35.4 Å². The van der Waals surface area contributed by atoms with Gasteiger partial charge in [0.05, 0.1) is 33.4 Å². The predicted molar refractivity (Wildman–Crippen MR) is 132 cm³/mol. The van der Waals surface area contributed by atoms with E-state index in [0.29, 0.717) is 39.0 Å². The molecule has 0 fully saturated rings. The molecule has 0 radical (unpaired) electrons. The molecule has 2 unspecified atom stereocenters. The zero-order chi connectivity index (χ0) is 26.8. The lowest BCUT2D eigenvalue weighted by Crippen LogP contribution is -2.28. The number of carbonyl (C=O) groups excluding carboxylic acids is 2. The van der Waals surface area contributed by atoms with Crippen LogP contribution in [0.3, 0.4) is 0 Å². The Morgan fingerprint density at radius 3 is 2.43 bits per heavy atom. The van der Waals surface area contributed by atoms with Crippen LogP contribution in [0.5, 0.6) is 11.5 Å². The van der Waals surface area contributed by atoms with E-state index in [4.69, 9.17) is 40.1 Å². The molecular weight excluding hydrogens is 506 g/mol. The molecule has 10 nitrogen and oxygen atoms in total. The monoisotopic (exact) mass is 533 g/mol. The first-order valence-corrected chi connectivity index (χ1v) is 11.8. The SMILES string of the molecule is CCC(=O)OCC(CO)OOC(C(=O)Cc1oncc1-c1ccc(OC)c(OC)c1)c1ccc(Cl)cc1. The van der Waals surface area contributed by atoms with Crippen LogP contribution in [0.2, 0.25) is 5.02 Å². The Hall–Kier alpha value is -3.44. The molecule has 0 aliphatic rings. The van der Waals surface area contributed by atoms with Gasteiger partial charge in [0.15, 0.2) is 29.1 Å². The standard InChI is InChI=1S/C26H28ClNO9/c1-4-25(31)34-15-19(14-29)36-37-26(16-5-8-18(27)9-6-16)21(30)12-23-20(13-28-35-23)17-7-10-22(32-2)24(11-17)33-3/h5-11,13,19,26,29H,4,12,14-15H2,1-3H3. The molecule has 0 bridgehead atoms. The van der Waals surface area contributed by atoms with Crippen molar-refractivity contribution in [1.82, 2.24) is 5.16 Å². The average molecular weight is 534 g/mol. The number of rotatable bonds is 14. The fourth-order valence-electron chi connectivity index (χ4n) is 3.35. The van der Waals surface area contributed by atoms with E-state index in [1.54, 1.807) is 49.4 Å². The molecule has 2 aromatic carbocycles. The van der Waals surface area contributed by atoms with Crippen LogP contribution in [0.25, 0.3) is 11.1 Å². The van der Waals surface area contributed by atoms with Crippen LogP contribution in [-0.2, 0) is 30.5 Å². The predicted octanol–water partition coefficient (Wildman–Crippen LogP) is 4.13. The normalized spacial score (nSPS) is 12.6. The van der Waals surface area contributed by atoms with Crippen molar-refractivity contribution in [1.29, 1.82) is 0 Å². The van der Waals surface area contributed by atoms with Crippen LogP contribution in [0.4, 0.5) is 0 Å². The minimum Gasteiger partial charge on any atom is -0.493 e. The summed E-state index contributed by atoms with van der Waals surface area (Å²) in [6.45, 7) is 0.906. The van der Waals surface area contributed by atoms with E-state index in [-0.39, 0.29) is 19.4 Å². The molecule has 0 aliphatic heterocycles. The third kappa shape index (κ3) is 7.53. The number of Topliss-reactive ketones (excluding diaryl/α,β-unsaturated/α-hetero) is 1. The topological polar surface area (TPSA) is 127 Å². The summed E-state index contributed by atoms with van der Waals surface area (Å²) in [4.78, 5) is 35.6. The number of esters is 1. The van der Waals surface area contributed by atoms with Gasteiger partial charge in [0.2, 0.25) is 0 Å². The van der Waals surface area contributed by atoms with E-state index in [0.717, 1.165) is 0 Å². The fraction of sp³-hybridized carbons (Fsp3) is 0.346. The van der Waals surface area contributed by atoms with Gasteiger partial charge in [-0.1, -0.05) is 41.9 Å². The molecule has 11 heteroatoms. The molecule has 1 N–H and O–H groups in total. The van der Waals surface area contributed by atoms with Gasteiger partial charge in [0, 0.05) is 17.0 Å². The second kappa shape index (κ2) is 13.8. The van der Waals surface area contributed by atoms with Crippen LogP contribution in [-0.4, -0.2) is 55.6 Å². The van der Waals surface area contributed by atoms with Crippen LogP contribution >= 0.6 is 11.6 Å². The van der Waals surface area contributed by atoms with Crippen LogP contribution in [0, 0.1) is 0 Å². The first-order valence-electron chi connectivity index (χ1n) is 11.4. The van der Waals surface area contributed by atoms with E-state index in [1.165, 1.54) is 20.4 Å². The average Bonchev–Trinajstić information content (AvgIpc) is 3.38. The van der Waals surface area contributed by atoms with Gasteiger partial charge in [-0.15, -0.1) is 0 Å². The number of ketones is 1. The lowest BCUT2D eigenvalue weighted by molar-refractivity contribution is -0.353. The van der Waals surface area contributed by atoms with Crippen LogP contribution in [0.15, 0.2) is 53.2 Å². The number of aromatic nitrogens is 1. The number of aliphatic hydroxyl groups is 1. The van der Waals surface area contributed by atoms with E-state index in [2.05, 4.69) is 5.16 Å². The molecule has 198 valence electrons. The summed E-state index contributed by atoms with van der Waals surface area (Å²) in [7, 11) is 3.06. The van der Waals surface area contributed by atoms with Gasteiger partial charge in [-0.3, -0.25) is 9.59 Å². The number of nitrogens with zero attached hydrogens (tertiary/aromatic N) is 1. The van der Waals surface area contributed by atoms with Crippen molar-refractivity contribution in [3.63, 3.8) is 0 Å². The summed E-state index contributed by atoms with van der Waals surface area (Å²) in [6.07, 6.45) is -0.704. The highest BCUT2D eigenvalue weighted by atomic mass is 35.5. The zero-order valence-electron chi connectivity index (χ0n) is 20.6. The largest absolute Gasteiger partial charge is 0.493 e. The Morgan fingerprint density at radius 1 is 1.05 bits per heavy atom. The molecule has 0 amide bonds. The number of halogens is 1. The number of benzene rings is 2. The second-order valence-corrected chi connectivity index (χ2v) is 8.28. The minimum absolute atomic E-state index is 0.171. The first-order chi connectivity index (χ1) is 17.9. The molecule has 1 heterocycles. The van der Waals surface area contributed by atoms with E-state index >= 15 is 0 Å². The van der Waals surface area contributed by atoms with Crippen molar-refractivity contribution < 1.29 is 43.2 Å². The maximum absolute atomic E-state index is 13.4. The summed E-state index contributed by atoms with van der Waals surface area (Å²) in [5.41, 5.74) is 1.76. The molecule has 37 heavy (non-hydrogen) atoms. The summed E-state index contributed by atoms with van der Waals surface area (Å²) in [5, 5.41) is 13.9. The summed E-state index contributed by atoms with van der Waals surface area (Å²) >= 11 is 6.00. The van der Waals surface area contributed by atoms with Gasteiger partial charge in [0.25, 0.3) is 0 Å². The highest BCUT2D eigenvalue weighted by Gasteiger charge is 2.28. The maximum Gasteiger partial charge on any atom is 0.305 e. The molecule has 0 saturated heterocycles. The second-order valence-electron chi connectivity index (χ2n) is 7.84.